The number of hydrogen-bond acceptors (Lipinski definition) is 4. The van der Waals surface area contributed by atoms with E-state index in [9.17, 15) is 4.79 Å². The lowest BCUT2D eigenvalue weighted by molar-refractivity contribution is -0.128. The van der Waals surface area contributed by atoms with Gasteiger partial charge in [-0.25, -0.2) is 0 Å². The number of benzene rings is 1. The number of rotatable bonds is 5. The second kappa shape index (κ2) is 6.32. The maximum Gasteiger partial charge on any atom is 0.223 e. The molecule has 116 valence electrons. The Balaban J connectivity index is 1.77. The van der Waals surface area contributed by atoms with E-state index in [1.165, 1.54) is 0 Å². The highest BCUT2D eigenvalue weighted by Gasteiger charge is 2.29. The summed E-state index contributed by atoms with van der Waals surface area (Å²) in [4.78, 5) is 18.4. The third kappa shape index (κ3) is 2.90. The number of para-hydroxylation sites is 1. The third-order valence-corrected chi connectivity index (χ3v) is 4.26. The molecule has 5 heteroatoms. The summed E-state index contributed by atoms with van der Waals surface area (Å²) >= 11 is 0. The Morgan fingerprint density at radius 1 is 1.41 bits per heavy atom. The highest BCUT2D eigenvalue weighted by Crippen LogP contribution is 2.27. The van der Waals surface area contributed by atoms with Crippen LogP contribution in [-0.2, 0) is 16.0 Å². The molecule has 2 heterocycles. The van der Waals surface area contributed by atoms with Crippen molar-refractivity contribution in [1.82, 2.24) is 9.88 Å². The summed E-state index contributed by atoms with van der Waals surface area (Å²) in [5.41, 5.74) is 8.87. The van der Waals surface area contributed by atoms with Gasteiger partial charge in [-0.2, -0.15) is 0 Å². The van der Waals surface area contributed by atoms with Gasteiger partial charge in [0.05, 0.1) is 12.1 Å². The standard InChI is InChI=1S/C17H21N3O2/c1-22-8-7-20-11-12(10-16(20)21)9-13-3-2-4-14-15(18)5-6-19-17(13)14/h2-6,12H,7-11H2,1H3,(H2,18,19). The first-order valence-corrected chi connectivity index (χ1v) is 7.58. The van der Waals surface area contributed by atoms with E-state index in [2.05, 4.69) is 11.1 Å². The van der Waals surface area contributed by atoms with Crippen molar-refractivity contribution in [2.24, 2.45) is 5.92 Å². The maximum absolute atomic E-state index is 12.0. The predicted octanol–water partition coefficient (Wildman–Crippen LogP) is 1.85. The number of anilines is 1. The number of pyridine rings is 1. The maximum atomic E-state index is 12.0. The zero-order valence-corrected chi connectivity index (χ0v) is 12.8. The summed E-state index contributed by atoms with van der Waals surface area (Å²) in [5.74, 6) is 0.549. The van der Waals surface area contributed by atoms with Gasteiger partial charge in [0.2, 0.25) is 5.91 Å². The summed E-state index contributed by atoms with van der Waals surface area (Å²) in [6, 6.07) is 7.90. The number of aromatic nitrogens is 1. The number of ether oxygens (including phenoxy) is 1. The molecule has 1 unspecified atom stereocenters. The Kier molecular flexibility index (Phi) is 4.24. The zero-order chi connectivity index (χ0) is 15.5. The Bertz CT molecular complexity index is 687. The van der Waals surface area contributed by atoms with Crippen molar-refractivity contribution in [1.29, 1.82) is 0 Å². The van der Waals surface area contributed by atoms with E-state index in [-0.39, 0.29) is 5.91 Å². The Morgan fingerprint density at radius 2 is 2.27 bits per heavy atom. The Labute approximate surface area is 130 Å². The molecule has 1 atom stereocenters. The fourth-order valence-electron chi connectivity index (χ4n) is 3.14. The molecular weight excluding hydrogens is 278 g/mol. The van der Waals surface area contributed by atoms with Gasteiger partial charge < -0.3 is 15.4 Å². The fourth-order valence-corrected chi connectivity index (χ4v) is 3.14. The summed E-state index contributed by atoms with van der Waals surface area (Å²) < 4.78 is 5.06. The number of fused-ring (bicyclic) bond motifs is 1. The number of nitrogens with zero attached hydrogens (tertiary/aromatic N) is 2. The SMILES string of the molecule is COCCN1CC(Cc2cccc3c(N)ccnc23)CC1=O. The van der Waals surface area contributed by atoms with Crippen molar-refractivity contribution in [2.45, 2.75) is 12.8 Å². The van der Waals surface area contributed by atoms with E-state index >= 15 is 0 Å². The molecule has 1 aliphatic heterocycles. The van der Waals surface area contributed by atoms with Crippen LogP contribution in [0.1, 0.15) is 12.0 Å². The van der Waals surface area contributed by atoms with Gasteiger partial charge in [0.25, 0.3) is 0 Å². The van der Waals surface area contributed by atoms with Crippen LogP contribution in [0.15, 0.2) is 30.5 Å². The molecule has 2 N–H and O–H groups in total. The van der Waals surface area contributed by atoms with Crippen molar-refractivity contribution >= 4 is 22.5 Å². The Hall–Kier alpha value is -2.14. The second-order valence-electron chi connectivity index (χ2n) is 5.82. The first-order chi connectivity index (χ1) is 10.7. The van der Waals surface area contributed by atoms with Crippen LogP contribution in [0.3, 0.4) is 0 Å². The molecule has 1 aromatic carbocycles. The quantitative estimate of drug-likeness (QED) is 0.915. The van der Waals surface area contributed by atoms with Crippen molar-refractivity contribution in [3.8, 4) is 0 Å². The highest BCUT2D eigenvalue weighted by atomic mass is 16.5. The average molecular weight is 299 g/mol. The van der Waals surface area contributed by atoms with Crippen molar-refractivity contribution in [3.63, 3.8) is 0 Å². The number of hydrogen-bond donors (Lipinski definition) is 1. The number of nitrogens with two attached hydrogens (primary N) is 1. The molecular formula is C17H21N3O2. The Morgan fingerprint density at radius 3 is 3.09 bits per heavy atom. The molecule has 1 amide bonds. The zero-order valence-electron chi connectivity index (χ0n) is 12.8. The van der Waals surface area contributed by atoms with E-state index in [4.69, 9.17) is 10.5 Å². The van der Waals surface area contributed by atoms with E-state index in [0.717, 1.165) is 35.1 Å². The van der Waals surface area contributed by atoms with Crippen molar-refractivity contribution in [3.05, 3.63) is 36.0 Å². The summed E-state index contributed by atoms with van der Waals surface area (Å²) in [5, 5.41) is 0.987. The molecule has 3 rings (SSSR count). The highest BCUT2D eigenvalue weighted by molar-refractivity contribution is 5.91. The molecule has 0 radical (unpaired) electrons. The lowest BCUT2D eigenvalue weighted by Crippen LogP contribution is -2.28. The summed E-state index contributed by atoms with van der Waals surface area (Å²) in [6.45, 7) is 2.05. The molecule has 1 saturated heterocycles. The molecule has 1 aliphatic rings. The molecule has 22 heavy (non-hydrogen) atoms. The smallest absolute Gasteiger partial charge is 0.223 e. The van der Waals surface area contributed by atoms with Gasteiger partial charge in [0.15, 0.2) is 0 Å². The van der Waals surface area contributed by atoms with E-state index < -0.39 is 0 Å². The minimum atomic E-state index is 0.217. The van der Waals surface area contributed by atoms with Crippen LogP contribution in [0.25, 0.3) is 10.9 Å². The molecule has 0 bridgehead atoms. The van der Waals surface area contributed by atoms with Crippen LogP contribution in [0.2, 0.25) is 0 Å². The number of carbonyl (C=O) groups excluding carboxylic acids is 1. The molecule has 0 saturated carbocycles. The number of methoxy groups -OCH3 is 1. The van der Waals surface area contributed by atoms with Crippen LogP contribution >= 0.6 is 0 Å². The lowest BCUT2D eigenvalue weighted by Gasteiger charge is -2.16. The van der Waals surface area contributed by atoms with Gasteiger partial charge >= 0.3 is 0 Å². The topological polar surface area (TPSA) is 68.5 Å². The minimum absolute atomic E-state index is 0.217. The number of amides is 1. The van der Waals surface area contributed by atoms with Gasteiger partial charge in [-0.05, 0) is 24.0 Å². The van der Waals surface area contributed by atoms with Crippen LogP contribution in [0.4, 0.5) is 5.69 Å². The van der Waals surface area contributed by atoms with E-state index in [1.54, 1.807) is 13.3 Å². The monoisotopic (exact) mass is 299 g/mol. The molecule has 0 spiro atoms. The molecule has 5 nitrogen and oxygen atoms in total. The third-order valence-electron chi connectivity index (χ3n) is 4.26. The van der Waals surface area contributed by atoms with E-state index in [0.29, 0.717) is 25.5 Å². The minimum Gasteiger partial charge on any atom is -0.398 e. The van der Waals surface area contributed by atoms with E-state index in [1.807, 2.05) is 23.1 Å². The van der Waals surface area contributed by atoms with Crippen molar-refractivity contribution in [2.75, 3.05) is 32.5 Å². The van der Waals surface area contributed by atoms with Gasteiger partial charge in [-0.1, -0.05) is 18.2 Å². The van der Waals surface area contributed by atoms with Crippen LogP contribution in [0.5, 0.6) is 0 Å². The second-order valence-corrected chi connectivity index (χ2v) is 5.82. The van der Waals surface area contributed by atoms with Gasteiger partial charge in [0, 0.05) is 43.9 Å². The molecule has 2 aromatic rings. The first-order valence-electron chi connectivity index (χ1n) is 7.58. The lowest BCUT2D eigenvalue weighted by atomic mass is 9.96. The number of carbonyl (C=O) groups is 1. The summed E-state index contributed by atoms with van der Waals surface area (Å²) in [6.07, 6.45) is 3.19. The molecule has 1 fully saturated rings. The number of likely N-dealkylation sites (tertiary alicyclic amines) is 1. The average Bonchev–Trinajstić information content (AvgIpc) is 2.86. The molecule has 1 aromatic heterocycles. The van der Waals surface area contributed by atoms with Gasteiger partial charge in [0.1, 0.15) is 0 Å². The van der Waals surface area contributed by atoms with Gasteiger partial charge in [-0.15, -0.1) is 0 Å². The predicted molar refractivity (Wildman–Crippen MR) is 86.4 cm³/mol. The number of nitrogen functional groups attached to an aromatic ring is 1. The van der Waals surface area contributed by atoms with Crippen molar-refractivity contribution < 1.29 is 9.53 Å². The van der Waals surface area contributed by atoms with Crippen LogP contribution < -0.4 is 5.73 Å². The normalized spacial score (nSPS) is 18.3. The van der Waals surface area contributed by atoms with Crippen LogP contribution in [-0.4, -0.2) is 42.6 Å². The molecule has 0 aliphatic carbocycles. The summed E-state index contributed by atoms with van der Waals surface area (Å²) in [7, 11) is 1.66. The fraction of sp³-hybridized carbons (Fsp3) is 0.412. The van der Waals surface area contributed by atoms with Crippen LogP contribution in [0, 0.1) is 5.92 Å². The van der Waals surface area contributed by atoms with Gasteiger partial charge in [-0.3, -0.25) is 9.78 Å². The largest absolute Gasteiger partial charge is 0.398 e. The first kappa shape index (κ1) is 14.8.